The van der Waals surface area contributed by atoms with E-state index in [0.717, 1.165) is 12.1 Å². The Hall–Kier alpha value is -2.85. The highest BCUT2D eigenvalue weighted by Crippen LogP contribution is 2.24. The standard InChI is InChI=1S/C23H29FN4O4S/c1-3-16(2)21(23(30)26-20-8-4-5-13-25-20)27-22(29)17-7-6-14-28(15-17)33(31,32)19-11-9-18(24)10-12-19/h4-5,8-13,16-17,21H,3,6-7,14-15H2,1-2H3,(H,27,29)(H,25,26,30)/t16-,17+,21+/m1/s1. The van der Waals surface area contributed by atoms with Gasteiger partial charge in [0.2, 0.25) is 21.8 Å². The van der Waals surface area contributed by atoms with Crippen molar-refractivity contribution in [1.29, 1.82) is 0 Å². The average Bonchev–Trinajstić information content (AvgIpc) is 2.82. The van der Waals surface area contributed by atoms with Gasteiger partial charge in [0, 0.05) is 19.3 Å². The van der Waals surface area contributed by atoms with E-state index in [-0.39, 0.29) is 35.7 Å². The fraction of sp³-hybridized carbons (Fsp3) is 0.435. The van der Waals surface area contributed by atoms with E-state index in [2.05, 4.69) is 15.6 Å². The first-order chi connectivity index (χ1) is 15.7. The van der Waals surface area contributed by atoms with Crippen LogP contribution in [0.2, 0.25) is 0 Å². The summed E-state index contributed by atoms with van der Waals surface area (Å²) >= 11 is 0. The number of sulfonamides is 1. The lowest BCUT2D eigenvalue weighted by atomic mass is 9.95. The number of nitrogens with one attached hydrogen (secondary N) is 2. The largest absolute Gasteiger partial charge is 0.344 e. The highest BCUT2D eigenvalue weighted by molar-refractivity contribution is 7.89. The maximum absolute atomic E-state index is 13.2. The van der Waals surface area contributed by atoms with Gasteiger partial charge in [-0.05, 0) is 55.2 Å². The fourth-order valence-corrected chi connectivity index (χ4v) is 5.27. The Labute approximate surface area is 193 Å². The predicted molar refractivity (Wildman–Crippen MR) is 122 cm³/mol. The number of hydrogen-bond donors (Lipinski definition) is 2. The van der Waals surface area contributed by atoms with E-state index in [9.17, 15) is 22.4 Å². The van der Waals surface area contributed by atoms with Crippen LogP contribution in [0.5, 0.6) is 0 Å². The number of nitrogens with zero attached hydrogens (tertiary/aromatic N) is 2. The third kappa shape index (κ3) is 6.14. The minimum absolute atomic E-state index is 0.000624. The molecule has 0 radical (unpaired) electrons. The van der Waals surface area contributed by atoms with Crippen molar-refractivity contribution in [3.05, 3.63) is 54.5 Å². The second kappa shape index (κ2) is 10.8. The van der Waals surface area contributed by atoms with Crippen molar-refractivity contribution in [3.63, 3.8) is 0 Å². The van der Waals surface area contributed by atoms with Gasteiger partial charge < -0.3 is 10.6 Å². The van der Waals surface area contributed by atoms with Crippen LogP contribution in [0.15, 0.2) is 53.6 Å². The molecule has 0 saturated carbocycles. The molecule has 33 heavy (non-hydrogen) atoms. The molecule has 1 fully saturated rings. The van der Waals surface area contributed by atoms with Crippen molar-refractivity contribution in [2.24, 2.45) is 11.8 Å². The topological polar surface area (TPSA) is 108 Å². The van der Waals surface area contributed by atoms with Gasteiger partial charge in [0.25, 0.3) is 0 Å². The summed E-state index contributed by atoms with van der Waals surface area (Å²) in [6.45, 7) is 4.07. The van der Waals surface area contributed by atoms with Gasteiger partial charge in [-0.15, -0.1) is 0 Å². The van der Waals surface area contributed by atoms with Crippen molar-refractivity contribution < 1.29 is 22.4 Å². The summed E-state index contributed by atoms with van der Waals surface area (Å²) in [5.74, 6) is -1.61. The second-order valence-corrected chi connectivity index (χ2v) is 10.2. The highest BCUT2D eigenvalue weighted by Gasteiger charge is 2.35. The molecule has 2 heterocycles. The molecule has 2 aromatic rings. The number of benzene rings is 1. The lowest BCUT2D eigenvalue weighted by Gasteiger charge is -2.32. The third-order valence-corrected chi connectivity index (χ3v) is 7.80. The first-order valence-electron chi connectivity index (χ1n) is 11.0. The molecule has 2 amide bonds. The van der Waals surface area contributed by atoms with Crippen molar-refractivity contribution >= 4 is 27.7 Å². The summed E-state index contributed by atoms with van der Waals surface area (Å²) in [5, 5.41) is 5.55. The number of anilines is 1. The van der Waals surface area contributed by atoms with Crippen LogP contribution in [0.1, 0.15) is 33.1 Å². The number of carbonyl (C=O) groups is 2. The normalized spacial score (nSPS) is 18.8. The summed E-state index contributed by atoms with van der Waals surface area (Å²) in [5.41, 5.74) is 0. The molecule has 1 aromatic heterocycles. The van der Waals surface area contributed by atoms with Crippen LogP contribution in [0, 0.1) is 17.7 Å². The van der Waals surface area contributed by atoms with E-state index in [0.29, 0.717) is 25.1 Å². The average molecular weight is 477 g/mol. The molecular formula is C23H29FN4O4S. The Morgan fingerprint density at radius 2 is 1.94 bits per heavy atom. The van der Waals surface area contributed by atoms with E-state index in [1.807, 2.05) is 13.8 Å². The minimum Gasteiger partial charge on any atom is -0.344 e. The molecule has 0 bridgehead atoms. The van der Waals surface area contributed by atoms with Crippen LogP contribution < -0.4 is 10.6 Å². The summed E-state index contributed by atoms with van der Waals surface area (Å²) in [6.07, 6.45) is 3.24. The Morgan fingerprint density at radius 1 is 1.21 bits per heavy atom. The molecule has 0 spiro atoms. The predicted octanol–water partition coefficient (Wildman–Crippen LogP) is 2.79. The van der Waals surface area contributed by atoms with Crippen molar-refractivity contribution in [1.82, 2.24) is 14.6 Å². The van der Waals surface area contributed by atoms with E-state index in [1.54, 1.807) is 24.4 Å². The monoisotopic (exact) mass is 476 g/mol. The number of piperidine rings is 1. The van der Waals surface area contributed by atoms with E-state index in [1.165, 1.54) is 16.4 Å². The molecule has 10 heteroatoms. The van der Waals surface area contributed by atoms with Gasteiger partial charge in [-0.2, -0.15) is 4.31 Å². The molecule has 8 nitrogen and oxygen atoms in total. The Balaban J connectivity index is 1.70. The number of hydrogen-bond acceptors (Lipinski definition) is 5. The van der Waals surface area contributed by atoms with Gasteiger partial charge in [0.1, 0.15) is 17.7 Å². The number of halogens is 1. The van der Waals surface area contributed by atoms with Crippen LogP contribution in [0.4, 0.5) is 10.2 Å². The SMILES string of the molecule is CC[C@@H](C)[C@H](NC(=O)[C@H]1CCCN(S(=O)(=O)c2ccc(F)cc2)C1)C(=O)Nc1ccccn1. The molecule has 2 N–H and O–H groups in total. The van der Waals surface area contributed by atoms with E-state index < -0.39 is 27.8 Å². The Morgan fingerprint density at radius 3 is 2.58 bits per heavy atom. The molecular weight excluding hydrogens is 447 g/mol. The maximum Gasteiger partial charge on any atom is 0.248 e. The zero-order chi connectivity index (χ0) is 24.0. The smallest absolute Gasteiger partial charge is 0.248 e. The molecule has 1 aliphatic rings. The first-order valence-corrected chi connectivity index (χ1v) is 12.4. The molecule has 178 valence electrons. The number of rotatable bonds is 8. The van der Waals surface area contributed by atoms with Gasteiger partial charge >= 0.3 is 0 Å². The molecule has 3 rings (SSSR count). The van der Waals surface area contributed by atoms with Crippen LogP contribution >= 0.6 is 0 Å². The summed E-state index contributed by atoms with van der Waals surface area (Å²) < 4.78 is 40.4. The summed E-state index contributed by atoms with van der Waals surface area (Å²) in [6, 6.07) is 8.98. The highest BCUT2D eigenvalue weighted by atomic mass is 32.2. The molecule has 3 atom stereocenters. The molecule has 0 unspecified atom stereocenters. The van der Waals surface area contributed by atoms with Gasteiger partial charge in [0.05, 0.1) is 10.8 Å². The zero-order valence-electron chi connectivity index (χ0n) is 18.7. The summed E-state index contributed by atoms with van der Waals surface area (Å²) in [4.78, 5) is 30.0. The van der Waals surface area contributed by atoms with Crippen LogP contribution in [-0.4, -0.2) is 48.7 Å². The van der Waals surface area contributed by atoms with Crippen LogP contribution in [0.3, 0.4) is 0 Å². The Kier molecular flexibility index (Phi) is 8.15. The lowest BCUT2D eigenvalue weighted by molar-refractivity contribution is -0.131. The molecule has 1 saturated heterocycles. The number of amides is 2. The molecule has 1 aliphatic heterocycles. The summed E-state index contributed by atoms with van der Waals surface area (Å²) in [7, 11) is -3.85. The first kappa shape index (κ1) is 24.8. The maximum atomic E-state index is 13.2. The third-order valence-electron chi connectivity index (χ3n) is 5.92. The van der Waals surface area contributed by atoms with Crippen molar-refractivity contribution in [2.75, 3.05) is 18.4 Å². The van der Waals surface area contributed by atoms with Gasteiger partial charge in [0.15, 0.2) is 0 Å². The number of aromatic nitrogens is 1. The zero-order valence-corrected chi connectivity index (χ0v) is 19.5. The molecule has 0 aliphatic carbocycles. The van der Waals surface area contributed by atoms with Gasteiger partial charge in [-0.3, -0.25) is 9.59 Å². The van der Waals surface area contributed by atoms with E-state index >= 15 is 0 Å². The van der Waals surface area contributed by atoms with Crippen LogP contribution in [0.25, 0.3) is 0 Å². The quantitative estimate of drug-likeness (QED) is 0.609. The van der Waals surface area contributed by atoms with Gasteiger partial charge in [-0.25, -0.2) is 17.8 Å². The van der Waals surface area contributed by atoms with E-state index in [4.69, 9.17) is 0 Å². The number of pyridine rings is 1. The number of carbonyl (C=O) groups excluding carboxylic acids is 2. The second-order valence-electron chi connectivity index (χ2n) is 8.23. The minimum atomic E-state index is -3.85. The van der Waals surface area contributed by atoms with Crippen molar-refractivity contribution in [3.8, 4) is 0 Å². The van der Waals surface area contributed by atoms with Crippen LogP contribution in [-0.2, 0) is 19.6 Å². The molecule has 1 aromatic carbocycles. The fourth-order valence-electron chi connectivity index (χ4n) is 3.74. The van der Waals surface area contributed by atoms with Gasteiger partial charge in [-0.1, -0.05) is 26.3 Å². The van der Waals surface area contributed by atoms with Crippen molar-refractivity contribution in [2.45, 2.75) is 44.0 Å². The Bertz CT molecular complexity index is 1060. The lowest BCUT2D eigenvalue weighted by Crippen LogP contribution is -2.52.